The van der Waals surface area contributed by atoms with E-state index in [9.17, 15) is 31.1 Å². The average Bonchev–Trinajstić information content (AvgIpc) is 2.62. The molecule has 0 spiro atoms. The number of alkyl halides is 5. The van der Waals surface area contributed by atoms with Crippen molar-refractivity contribution in [3.05, 3.63) is 47.3 Å². The molecule has 0 bridgehead atoms. The van der Waals surface area contributed by atoms with Crippen LogP contribution in [0.25, 0.3) is 0 Å². The second-order valence-corrected chi connectivity index (χ2v) is 5.11. The zero-order valence-corrected chi connectivity index (χ0v) is 14.3. The van der Waals surface area contributed by atoms with Crippen molar-refractivity contribution in [2.75, 3.05) is 14.2 Å². The maximum absolute atomic E-state index is 14.4. The Hall–Kier alpha value is -3.11. The number of ether oxygens (including phenoxy) is 4. The SMILES string of the molecule is COC(=O)c1cccc(Oc2cc(C(F)F)c(OC(F)(F)F)c(F)c2OC)c1. The zero-order valence-electron chi connectivity index (χ0n) is 14.3. The van der Waals surface area contributed by atoms with Crippen LogP contribution in [0, 0.1) is 5.82 Å². The van der Waals surface area contributed by atoms with Crippen molar-refractivity contribution >= 4 is 5.97 Å². The van der Waals surface area contributed by atoms with Crippen molar-refractivity contribution < 1.29 is 50.1 Å². The minimum absolute atomic E-state index is 0.0329. The van der Waals surface area contributed by atoms with Crippen LogP contribution in [0.15, 0.2) is 30.3 Å². The number of rotatable bonds is 6. The lowest BCUT2D eigenvalue weighted by Crippen LogP contribution is -2.19. The Bertz CT molecular complexity index is 866. The summed E-state index contributed by atoms with van der Waals surface area (Å²) < 4.78 is 95.9. The van der Waals surface area contributed by atoms with Gasteiger partial charge in [-0.3, -0.25) is 0 Å². The molecule has 0 amide bonds. The van der Waals surface area contributed by atoms with E-state index >= 15 is 0 Å². The number of methoxy groups -OCH3 is 2. The number of hydrogen-bond acceptors (Lipinski definition) is 5. The Morgan fingerprint density at radius 1 is 1.07 bits per heavy atom. The summed E-state index contributed by atoms with van der Waals surface area (Å²) in [5, 5.41) is 0. The molecule has 28 heavy (non-hydrogen) atoms. The van der Waals surface area contributed by atoms with Crippen LogP contribution in [-0.4, -0.2) is 26.6 Å². The summed E-state index contributed by atoms with van der Waals surface area (Å²) >= 11 is 0. The van der Waals surface area contributed by atoms with Gasteiger partial charge in [-0.1, -0.05) is 6.07 Å². The summed E-state index contributed by atoms with van der Waals surface area (Å²) in [4.78, 5) is 11.5. The van der Waals surface area contributed by atoms with Gasteiger partial charge in [0.15, 0.2) is 11.5 Å². The van der Waals surface area contributed by atoms with E-state index in [0.717, 1.165) is 20.3 Å². The molecule has 0 saturated carbocycles. The second kappa shape index (κ2) is 8.28. The van der Waals surface area contributed by atoms with Crippen LogP contribution in [0.2, 0.25) is 0 Å². The van der Waals surface area contributed by atoms with Crippen LogP contribution >= 0.6 is 0 Å². The van der Waals surface area contributed by atoms with Gasteiger partial charge < -0.3 is 18.9 Å². The molecule has 0 unspecified atom stereocenters. The monoisotopic (exact) mass is 410 g/mol. The van der Waals surface area contributed by atoms with E-state index in [2.05, 4.69) is 14.2 Å². The van der Waals surface area contributed by atoms with E-state index in [0.29, 0.717) is 6.07 Å². The summed E-state index contributed by atoms with van der Waals surface area (Å²) in [5.41, 5.74) is -1.36. The lowest BCUT2D eigenvalue weighted by atomic mass is 10.1. The number of benzene rings is 2. The van der Waals surface area contributed by atoms with Crippen molar-refractivity contribution in [2.24, 2.45) is 0 Å². The van der Waals surface area contributed by atoms with E-state index in [1.54, 1.807) is 0 Å². The van der Waals surface area contributed by atoms with Crippen molar-refractivity contribution in [2.45, 2.75) is 12.8 Å². The minimum atomic E-state index is -5.41. The van der Waals surface area contributed by atoms with Crippen molar-refractivity contribution in [3.8, 4) is 23.0 Å². The number of carbonyl (C=O) groups is 1. The highest BCUT2D eigenvalue weighted by atomic mass is 19.4. The van der Waals surface area contributed by atoms with Gasteiger partial charge in [-0.2, -0.15) is 4.39 Å². The molecule has 152 valence electrons. The number of esters is 1. The molecule has 0 aliphatic heterocycles. The first-order valence-corrected chi connectivity index (χ1v) is 7.38. The molecule has 2 aromatic carbocycles. The first-order valence-electron chi connectivity index (χ1n) is 7.38. The lowest BCUT2D eigenvalue weighted by molar-refractivity contribution is -0.276. The van der Waals surface area contributed by atoms with Crippen LogP contribution in [0.1, 0.15) is 22.3 Å². The van der Waals surface area contributed by atoms with E-state index in [1.807, 2.05) is 0 Å². The first-order chi connectivity index (χ1) is 13.1. The molecule has 11 heteroatoms. The number of halogens is 6. The fourth-order valence-corrected chi connectivity index (χ4v) is 2.19. The Labute approximate surface area is 154 Å². The molecule has 0 fully saturated rings. The molecule has 0 saturated heterocycles. The predicted octanol–water partition coefficient (Wildman–Crippen LogP) is 5.25. The third kappa shape index (κ3) is 4.78. The Morgan fingerprint density at radius 3 is 2.29 bits per heavy atom. The molecular weight excluding hydrogens is 398 g/mol. The van der Waals surface area contributed by atoms with Gasteiger partial charge >= 0.3 is 12.3 Å². The normalized spacial score (nSPS) is 11.3. The quantitative estimate of drug-likeness (QED) is 0.481. The van der Waals surface area contributed by atoms with E-state index in [-0.39, 0.29) is 11.3 Å². The zero-order chi connectivity index (χ0) is 21.1. The van der Waals surface area contributed by atoms with E-state index in [1.165, 1.54) is 18.2 Å². The average molecular weight is 410 g/mol. The highest BCUT2D eigenvalue weighted by molar-refractivity contribution is 5.89. The van der Waals surface area contributed by atoms with E-state index in [4.69, 9.17) is 4.74 Å². The predicted molar refractivity (Wildman–Crippen MR) is 82.4 cm³/mol. The standard InChI is InChI=1S/C17H12F6O5/c1-25-14-11(27-9-5-3-4-8(6-9)16(24)26-2)7-10(15(19)20)13(12(14)18)28-17(21,22)23/h3-7,15H,1-2H3. The van der Waals surface area contributed by atoms with Gasteiger partial charge in [0.1, 0.15) is 5.75 Å². The molecule has 0 aromatic heterocycles. The van der Waals surface area contributed by atoms with Gasteiger partial charge in [-0.15, -0.1) is 13.2 Å². The number of carbonyl (C=O) groups excluding carboxylic acids is 1. The Balaban J connectivity index is 2.54. The summed E-state index contributed by atoms with van der Waals surface area (Å²) in [6.07, 6.45) is -8.92. The summed E-state index contributed by atoms with van der Waals surface area (Å²) in [7, 11) is 2.03. The van der Waals surface area contributed by atoms with Crippen LogP contribution in [0.4, 0.5) is 26.3 Å². The fraction of sp³-hybridized carbons (Fsp3) is 0.235. The van der Waals surface area contributed by atoms with Gasteiger partial charge in [-0.05, 0) is 24.3 Å². The second-order valence-electron chi connectivity index (χ2n) is 5.11. The molecular formula is C17H12F6O5. The molecule has 0 aliphatic rings. The molecule has 0 aliphatic carbocycles. The molecule has 2 rings (SSSR count). The minimum Gasteiger partial charge on any atom is -0.490 e. The maximum atomic E-state index is 14.4. The van der Waals surface area contributed by atoms with Crippen LogP contribution in [0.5, 0.6) is 23.0 Å². The first kappa shape index (κ1) is 21.2. The fourth-order valence-electron chi connectivity index (χ4n) is 2.19. The third-order valence-electron chi connectivity index (χ3n) is 3.31. The largest absolute Gasteiger partial charge is 0.573 e. The third-order valence-corrected chi connectivity index (χ3v) is 3.31. The summed E-state index contributed by atoms with van der Waals surface area (Å²) in [5.74, 6) is -5.93. The van der Waals surface area contributed by atoms with Crippen LogP contribution in [0.3, 0.4) is 0 Å². The topological polar surface area (TPSA) is 54.0 Å². The smallest absolute Gasteiger partial charge is 0.490 e. The van der Waals surface area contributed by atoms with Crippen molar-refractivity contribution in [1.82, 2.24) is 0 Å². The molecule has 0 atom stereocenters. The van der Waals surface area contributed by atoms with Gasteiger partial charge in [0.05, 0.1) is 25.3 Å². The van der Waals surface area contributed by atoms with Gasteiger partial charge in [0, 0.05) is 0 Å². The molecule has 0 N–H and O–H groups in total. The van der Waals surface area contributed by atoms with Crippen molar-refractivity contribution in [1.29, 1.82) is 0 Å². The number of hydrogen-bond donors (Lipinski definition) is 0. The van der Waals surface area contributed by atoms with E-state index < -0.39 is 47.4 Å². The van der Waals surface area contributed by atoms with Crippen LogP contribution in [-0.2, 0) is 4.74 Å². The van der Waals surface area contributed by atoms with Gasteiger partial charge in [-0.25, -0.2) is 13.6 Å². The highest BCUT2D eigenvalue weighted by Crippen LogP contribution is 2.45. The Morgan fingerprint density at radius 2 is 1.75 bits per heavy atom. The van der Waals surface area contributed by atoms with Crippen LogP contribution < -0.4 is 14.2 Å². The summed E-state index contributed by atoms with van der Waals surface area (Å²) in [6.45, 7) is 0. The highest BCUT2D eigenvalue weighted by Gasteiger charge is 2.37. The molecule has 2 aromatic rings. The lowest BCUT2D eigenvalue weighted by Gasteiger charge is -2.18. The molecule has 0 heterocycles. The Kier molecular flexibility index (Phi) is 6.26. The van der Waals surface area contributed by atoms with Gasteiger partial charge in [0.25, 0.3) is 6.43 Å². The molecule has 5 nitrogen and oxygen atoms in total. The van der Waals surface area contributed by atoms with Gasteiger partial charge in [0.2, 0.25) is 11.6 Å². The molecule has 0 radical (unpaired) electrons. The maximum Gasteiger partial charge on any atom is 0.573 e. The van der Waals surface area contributed by atoms with Crippen molar-refractivity contribution in [3.63, 3.8) is 0 Å². The summed E-state index contributed by atoms with van der Waals surface area (Å²) in [6, 6.07) is 5.64.